The van der Waals surface area contributed by atoms with E-state index in [0.717, 1.165) is 9.87 Å². The predicted molar refractivity (Wildman–Crippen MR) is 125 cm³/mol. The van der Waals surface area contributed by atoms with E-state index in [1.54, 1.807) is 54.6 Å². The Balaban J connectivity index is 1.97. The molecule has 170 valence electrons. The van der Waals surface area contributed by atoms with Crippen molar-refractivity contribution < 1.29 is 22.7 Å². The minimum Gasteiger partial charge on any atom is -0.497 e. The van der Waals surface area contributed by atoms with E-state index in [2.05, 4.69) is 11.4 Å². The van der Waals surface area contributed by atoms with Crippen LogP contribution in [-0.4, -0.2) is 35.1 Å². The van der Waals surface area contributed by atoms with Crippen LogP contribution in [0.4, 0.5) is 11.4 Å². The van der Waals surface area contributed by atoms with Gasteiger partial charge in [-0.25, -0.2) is 8.42 Å². The summed E-state index contributed by atoms with van der Waals surface area (Å²) in [5.41, 5.74) is 1.46. The third-order valence-electron chi connectivity index (χ3n) is 4.79. The minimum absolute atomic E-state index is 0.0310. The van der Waals surface area contributed by atoms with Crippen molar-refractivity contribution in [2.45, 2.75) is 11.3 Å². The van der Waals surface area contributed by atoms with Crippen LogP contribution in [0.1, 0.15) is 5.56 Å². The Kier molecular flexibility index (Phi) is 7.53. The van der Waals surface area contributed by atoms with Gasteiger partial charge in [0, 0.05) is 11.8 Å². The fourth-order valence-corrected chi connectivity index (χ4v) is 4.58. The molecule has 1 amide bonds. The van der Waals surface area contributed by atoms with Crippen LogP contribution >= 0.6 is 0 Å². The van der Waals surface area contributed by atoms with Gasteiger partial charge in [-0.3, -0.25) is 9.10 Å². The SMILES string of the molecule is COc1ccc(OC)c(N(CC(=O)Nc2ccc(CC#N)cc2)S(=O)(=O)c2ccccc2)c1. The first kappa shape index (κ1) is 23.6. The maximum Gasteiger partial charge on any atom is 0.264 e. The number of sulfonamides is 1. The molecule has 0 bridgehead atoms. The molecule has 33 heavy (non-hydrogen) atoms. The Hall–Kier alpha value is -4.03. The zero-order valence-electron chi connectivity index (χ0n) is 18.2. The molecule has 0 aliphatic heterocycles. The second-order valence-corrected chi connectivity index (χ2v) is 8.80. The molecule has 1 N–H and O–H groups in total. The molecule has 0 fully saturated rings. The number of rotatable bonds is 9. The molecule has 0 spiro atoms. The fourth-order valence-electron chi connectivity index (χ4n) is 3.14. The number of methoxy groups -OCH3 is 2. The first-order chi connectivity index (χ1) is 15.9. The lowest BCUT2D eigenvalue weighted by Crippen LogP contribution is -2.38. The van der Waals surface area contributed by atoms with Crippen molar-refractivity contribution in [3.05, 3.63) is 78.4 Å². The second-order valence-electron chi connectivity index (χ2n) is 6.94. The van der Waals surface area contributed by atoms with Crippen LogP contribution in [-0.2, 0) is 21.2 Å². The van der Waals surface area contributed by atoms with Gasteiger partial charge >= 0.3 is 0 Å². The summed E-state index contributed by atoms with van der Waals surface area (Å²) < 4.78 is 38.7. The van der Waals surface area contributed by atoms with E-state index < -0.39 is 22.5 Å². The monoisotopic (exact) mass is 465 g/mol. The van der Waals surface area contributed by atoms with Crippen molar-refractivity contribution in [2.75, 3.05) is 30.4 Å². The van der Waals surface area contributed by atoms with Crippen LogP contribution in [0.15, 0.2) is 77.7 Å². The summed E-state index contributed by atoms with van der Waals surface area (Å²) in [6.07, 6.45) is 0.257. The van der Waals surface area contributed by atoms with Gasteiger partial charge in [0.05, 0.1) is 37.3 Å². The zero-order chi connectivity index (χ0) is 23.8. The van der Waals surface area contributed by atoms with Crippen LogP contribution in [0.25, 0.3) is 0 Å². The van der Waals surface area contributed by atoms with Crippen molar-refractivity contribution >= 4 is 27.3 Å². The number of amides is 1. The summed E-state index contributed by atoms with van der Waals surface area (Å²) in [6, 6.07) is 21.4. The number of hydrogen-bond donors (Lipinski definition) is 1. The standard InChI is InChI=1S/C24H23N3O5S/c1-31-20-12-13-23(32-2)22(16-20)27(33(29,30)21-6-4-3-5-7-21)17-24(28)26-19-10-8-18(9-11-19)14-15-25/h3-13,16H,14,17H2,1-2H3,(H,26,28). The molecule has 0 atom stereocenters. The van der Waals surface area contributed by atoms with Gasteiger partial charge in [-0.2, -0.15) is 5.26 Å². The Morgan fingerprint density at radius 1 is 1.00 bits per heavy atom. The van der Waals surface area contributed by atoms with Crippen LogP contribution in [0.3, 0.4) is 0 Å². The maximum absolute atomic E-state index is 13.5. The first-order valence-corrected chi connectivity index (χ1v) is 11.4. The lowest BCUT2D eigenvalue weighted by Gasteiger charge is -2.26. The lowest BCUT2D eigenvalue weighted by molar-refractivity contribution is -0.114. The van der Waals surface area contributed by atoms with Crippen molar-refractivity contribution in [1.82, 2.24) is 0 Å². The number of carbonyl (C=O) groups excluding carboxylic acids is 1. The molecule has 8 nitrogen and oxygen atoms in total. The third-order valence-corrected chi connectivity index (χ3v) is 6.57. The smallest absolute Gasteiger partial charge is 0.264 e. The number of hydrogen-bond acceptors (Lipinski definition) is 6. The number of nitrogens with one attached hydrogen (secondary N) is 1. The molecular formula is C24H23N3O5S. The van der Waals surface area contributed by atoms with Crippen molar-refractivity contribution in [1.29, 1.82) is 5.26 Å². The van der Waals surface area contributed by atoms with Crippen LogP contribution < -0.4 is 19.1 Å². The van der Waals surface area contributed by atoms with Gasteiger partial charge in [0.2, 0.25) is 5.91 Å². The van der Waals surface area contributed by atoms with Crippen LogP contribution in [0.2, 0.25) is 0 Å². The summed E-state index contributed by atoms with van der Waals surface area (Å²) in [7, 11) is -1.23. The van der Waals surface area contributed by atoms with Crippen LogP contribution in [0, 0.1) is 11.3 Å². The highest BCUT2D eigenvalue weighted by Gasteiger charge is 2.30. The van der Waals surface area contributed by atoms with E-state index in [1.807, 2.05) is 0 Å². The van der Waals surface area contributed by atoms with Gasteiger partial charge in [0.1, 0.15) is 18.0 Å². The Bertz CT molecular complexity index is 1250. The quantitative estimate of drug-likeness (QED) is 0.517. The van der Waals surface area contributed by atoms with E-state index in [9.17, 15) is 13.2 Å². The Labute approximate surface area is 193 Å². The molecule has 0 aromatic heterocycles. The number of nitriles is 1. The summed E-state index contributed by atoms with van der Waals surface area (Å²) in [4.78, 5) is 12.9. The zero-order valence-corrected chi connectivity index (χ0v) is 19.0. The molecule has 0 aliphatic rings. The average Bonchev–Trinajstić information content (AvgIpc) is 2.84. The van der Waals surface area contributed by atoms with Gasteiger partial charge in [-0.15, -0.1) is 0 Å². The summed E-state index contributed by atoms with van der Waals surface area (Å²) >= 11 is 0. The van der Waals surface area contributed by atoms with Gasteiger partial charge in [-0.05, 0) is 42.0 Å². The number of carbonyl (C=O) groups is 1. The maximum atomic E-state index is 13.5. The molecular weight excluding hydrogens is 442 g/mol. The molecule has 0 saturated heterocycles. The van der Waals surface area contributed by atoms with Crippen molar-refractivity contribution in [2.24, 2.45) is 0 Å². The molecule has 3 rings (SSSR count). The molecule has 0 heterocycles. The largest absolute Gasteiger partial charge is 0.497 e. The second kappa shape index (κ2) is 10.5. The Morgan fingerprint density at radius 2 is 1.70 bits per heavy atom. The van der Waals surface area contributed by atoms with Gasteiger partial charge in [0.25, 0.3) is 10.0 Å². The third kappa shape index (κ3) is 5.61. The number of nitrogens with zero attached hydrogens (tertiary/aromatic N) is 2. The highest BCUT2D eigenvalue weighted by atomic mass is 32.2. The normalized spacial score (nSPS) is 10.7. The molecule has 3 aromatic carbocycles. The fraction of sp³-hybridized carbons (Fsp3) is 0.167. The van der Waals surface area contributed by atoms with E-state index >= 15 is 0 Å². The molecule has 0 saturated carbocycles. The number of benzene rings is 3. The van der Waals surface area contributed by atoms with Crippen LogP contribution in [0.5, 0.6) is 11.5 Å². The van der Waals surface area contributed by atoms with Gasteiger partial charge in [-0.1, -0.05) is 30.3 Å². The Morgan fingerprint density at radius 3 is 2.30 bits per heavy atom. The van der Waals surface area contributed by atoms with Gasteiger partial charge in [0.15, 0.2) is 0 Å². The van der Waals surface area contributed by atoms with E-state index in [1.165, 1.54) is 32.4 Å². The molecule has 0 aliphatic carbocycles. The van der Waals surface area contributed by atoms with E-state index in [4.69, 9.17) is 14.7 Å². The topological polar surface area (TPSA) is 109 Å². The minimum atomic E-state index is -4.11. The highest BCUT2D eigenvalue weighted by molar-refractivity contribution is 7.92. The lowest BCUT2D eigenvalue weighted by atomic mass is 10.1. The molecule has 3 aromatic rings. The molecule has 9 heteroatoms. The molecule has 0 unspecified atom stereocenters. The van der Waals surface area contributed by atoms with Crippen molar-refractivity contribution in [3.8, 4) is 17.6 Å². The molecule has 0 radical (unpaired) electrons. The van der Waals surface area contributed by atoms with Crippen molar-refractivity contribution in [3.63, 3.8) is 0 Å². The summed E-state index contributed by atoms with van der Waals surface area (Å²) in [5.74, 6) is 0.129. The highest BCUT2D eigenvalue weighted by Crippen LogP contribution is 2.35. The first-order valence-electron chi connectivity index (χ1n) is 9.94. The predicted octanol–water partition coefficient (Wildman–Crippen LogP) is 3.60. The number of anilines is 2. The summed E-state index contributed by atoms with van der Waals surface area (Å²) in [5, 5.41) is 11.5. The average molecular weight is 466 g/mol. The summed E-state index contributed by atoms with van der Waals surface area (Å²) in [6.45, 7) is -0.499. The number of ether oxygens (including phenoxy) is 2. The van der Waals surface area contributed by atoms with Gasteiger partial charge < -0.3 is 14.8 Å². The van der Waals surface area contributed by atoms with E-state index in [-0.39, 0.29) is 22.8 Å². The van der Waals surface area contributed by atoms with E-state index in [0.29, 0.717) is 11.4 Å².